The molecule has 1 aliphatic heterocycles. The highest BCUT2D eigenvalue weighted by atomic mass is 32.1. The number of nitrogens with zero attached hydrogens (tertiary/aromatic N) is 3. The van der Waals surface area contributed by atoms with Gasteiger partial charge >= 0.3 is 0 Å². The standard InChI is InChI=1S/C14H22N4O2S/c1-10(13(15)21)8-18-12(19)6-11(7-16-18)17-4-5-20-14(2,3)9-17/h6-7,10H,4-5,8-9H2,1-3H3,(H2,15,21). The summed E-state index contributed by atoms with van der Waals surface area (Å²) in [6.07, 6.45) is 1.72. The molecule has 1 fully saturated rings. The summed E-state index contributed by atoms with van der Waals surface area (Å²) in [4.78, 5) is 14.7. The topological polar surface area (TPSA) is 73.4 Å². The molecule has 2 rings (SSSR count). The number of thiocarbonyl (C=S) groups is 1. The Labute approximate surface area is 129 Å². The molecule has 1 aromatic rings. The summed E-state index contributed by atoms with van der Waals surface area (Å²) in [6, 6.07) is 1.61. The average Bonchev–Trinajstić information content (AvgIpc) is 2.39. The minimum Gasteiger partial charge on any atom is -0.393 e. The summed E-state index contributed by atoms with van der Waals surface area (Å²) in [5.74, 6) is -0.0571. The van der Waals surface area contributed by atoms with Crippen molar-refractivity contribution in [3.8, 4) is 0 Å². The Morgan fingerprint density at radius 2 is 2.33 bits per heavy atom. The first-order chi connectivity index (χ1) is 9.78. The third-order valence-corrected chi connectivity index (χ3v) is 3.98. The maximum atomic E-state index is 12.2. The number of rotatable bonds is 4. The molecule has 2 N–H and O–H groups in total. The number of anilines is 1. The van der Waals surface area contributed by atoms with E-state index in [2.05, 4.69) is 10.00 Å². The van der Waals surface area contributed by atoms with Crippen LogP contribution in [-0.2, 0) is 11.3 Å². The molecule has 0 spiro atoms. The Hall–Kier alpha value is -1.47. The highest BCUT2D eigenvalue weighted by Crippen LogP contribution is 2.21. The van der Waals surface area contributed by atoms with Gasteiger partial charge in [-0.3, -0.25) is 4.79 Å². The third-order valence-electron chi connectivity index (χ3n) is 3.58. The SMILES string of the molecule is CC(Cn1ncc(N2CCOC(C)(C)C2)cc1=O)C(N)=S. The van der Waals surface area contributed by atoms with Crippen molar-refractivity contribution < 1.29 is 4.74 Å². The third kappa shape index (κ3) is 4.01. The van der Waals surface area contributed by atoms with E-state index in [1.54, 1.807) is 12.3 Å². The lowest BCUT2D eigenvalue weighted by Gasteiger charge is -2.39. The Kier molecular flexibility index (Phi) is 4.63. The number of ether oxygens (including phenoxy) is 1. The molecule has 0 bridgehead atoms. The van der Waals surface area contributed by atoms with Crippen LogP contribution in [0.2, 0.25) is 0 Å². The highest BCUT2D eigenvalue weighted by molar-refractivity contribution is 7.80. The van der Waals surface area contributed by atoms with Crippen LogP contribution in [0.1, 0.15) is 20.8 Å². The maximum Gasteiger partial charge on any atom is 0.268 e. The molecule has 0 amide bonds. The van der Waals surface area contributed by atoms with Crippen molar-refractivity contribution in [1.82, 2.24) is 9.78 Å². The van der Waals surface area contributed by atoms with Crippen LogP contribution in [0.5, 0.6) is 0 Å². The Morgan fingerprint density at radius 1 is 1.62 bits per heavy atom. The average molecular weight is 310 g/mol. The molecule has 0 aromatic carbocycles. The van der Waals surface area contributed by atoms with E-state index in [4.69, 9.17) is 22.7 Å². The van der Waals surface area contributed by atoms with Gasteiger partial charge in [-0.15, -0.1) is 0 Å². The molecule has 1 atom stereocenters. The van der Waals surface area contributed by atoms with Gasteiger partial charge < -0.3 is 15.4 Å². The van der Waals surface area contributed by atoms with Gasteiger partial charge in [-0.1, -0.05) is 19.1 Å². The van der Waals surface area contributed by atoms with E-state index in [0.29, 0.717) is 18.1 Å². The lowest BCUT2D eigenvalue weighted by molar-refractivity contribution is -0.0277. The van der Waals surface area contributed by atoms with E-state index in [9.17, 15) is 4.79 Å². The van der Waals surface area contributed by atoms with Crippen molar-refractivity contribution in [2.24, 2.45) is 11.7 Å². The van der Waals surface area contributed by atoms with Crippen molar-refractivity contribution >= 4 is 22.9 Å². The largest absolute Gasteiger partial charge is 0.393 e. The van der Waals surface area contributed by atoms with E-state index < -0.39 is 0 Å². The number of morpholine rings is 1. The van der Waals surface area contributed by atoms with E-state index in [-0.39, 0.29) is 17.1 Å². The van der Waals surface area contributed by atoms with Crippen LogP contribution in [0.3, 0.4) is 0 Å². The van der Waals surface area contributed by atoms with Gasteiger partial charge in [0.1, 0.15) is 0 Å². The lowest BCUT2D eigenvalue weighted by Crippen LogP contribution is -2.48. The first-order valence-electron chi connectivity index (χ1n) is 7.04. The molecule has 6 nitrogen and oxygen atoms in total. The second-order valence-electron chi connectivity index (χ2n) is 6.07. The predicted molar refractivity (Wildman–Crippen MR) is 86.7 cm³/mol. The van der Waals surface area contributed by atoms with Gasteiger partial charge in [0.15, 0.2) is 0 Å². The molecule has 1 saturated heterocycles. The van der Waals surface area contributed by atoms with Crippen LogP contribution in [0.15, 0.2) is 17.1 Å². The van der Waals surface area contributed by atoms with Gasteiger partial charge in [0, 0.05) is 25.1 Å². The second kappa shape index (κ2) is 6.11. The number of nitrogens with two attached hydrogens (primary N) is 1. The Balaban J connectivity index is 2.15. The van der Waals surface area contributed by atoms with Crippen LogP contribution in [0.4, 0.5) is 5.69 Å². The predicted octanol–water partition coefficient (Wildman–Crippen LogP) is 0.781. The molecule has 116 valence electrons. The number of hydrogen-bond donors (Lipinski definition) is 1. The summed E-state index contributed by atoms with van der Waals surface area (Å²) in [7, 11) is 0. The van der Waals surface area contributed by atoms with Gasteiger partial charge in [-0.2, -0.15) is 5.10 Å². The first-order valence-corrected chi connectivity index (χ1v) is 7.45. The van der Waals surface area contributed by atoms with Gasteiger partial charge in [-0.25, -0.2) is 4.68 Å². The monoisotopic (exact) mass is 310 g/mol. The van der Waals surface area contributed by atoms with Gasteiger partial charge in [-0.05, 0) is 13.8 Å². The fourth-order valence-electron chi connectivity index (χ4n) is 2.32. The zero-order valence-corrected chi connectivity index (χ0v) is 13.5. The summed E-state index contributed by atoms with van der Waals surface area (Å²) in [5, 5.41) is 4.23. The van der Waals surface area contributed by atoms with Crippen molar-refractivity contribution in [3.63, 3.8) is 0 Å². The van der Waals surface area contributed by atoms with Crippen LogP contribution >= 0.6 is 12.2 Å². The molecule has 1 unspecified atom stereocenters. The summed E-state index contributed by atoms with van der Waals surface area (Å²) in [5.41, 5.74) is 6.05. The number of hydrogen-bond acceptors (Lipinski definition) is 5. The highest BCUT2D eigenvalue weighted by Gasteiger charge is 2.27. The molecule has 0 saturated carbocycles. The van der Waals surface area contributed by atoms with Crippen molar-refractivity contribution in [1.29, 1.82) is 0 Å². The van der Waals surface area contributed by atoms with Gasteiger partial charge in [0.2, 0.25) is 0 Å². The van der Waals surface area contributed by atoms with E-state index >= 15 is 0 Å². The summed E-state index contributed by atoms with van der Waals surface area (Å²) < 4.78 is 7.08. The van der Waals surface area contributed by atoms with Crippen molar-refractivity contribution in [2.75, 3.05) is 24.6 Å². The van der Waals surface area contributed by atoms with Gasteiger partial charge in [0.25, 0.3) is 5.56 Å². The Morgan fingerprint density at radius 3 is 2.90 bits per heavy atom. The number of aromatic nitrogens is 2. The van der Waals surface area contributed by atoms with E-state index in [1.807, 2.05) is 20.8 Å². The van der Waals surface area contributed by atoms with Crippen LogP contribution in [-0.4, -0.2) is 40.1 Å². The summed E-state index contributed by atoms with van der Waals surface area (Å²) >= 11 is 4.93. The molecular formula is C14H22N4O2S. The molecule has 0 radical (unpaired) electrons. The minimum atomic E-state index is -0.215. The molecular weight excluding hydrogens is 288 g/mol. The zero-order valence-electron chi connectivity index (χ0n) is 12.7. The first kappa shape index (κ1) is 15.9. The molecule has 1 aliphatic rings. The van der Waals surface area contributed by atoms with E-state index in [1.165, 1.54) is 4.68 Å². The molecule has 1 aromatic heterocycles. The van der Waals surface area contributed by atoms with E-state index in [0.717, 1.165) is 18.8 Å². The maximum absolute atomic E-state index is 12.2. The molecule has 21 heavy (non-hydrogen) atoms. The molecule has 7 heteroatoms. The zero-order chi connectivity index (χ0) is 15.6. The van der Waals surface area contributed by atoms with Crippen molar-refractivity contribution in [3.05, 3.63) is 22.6 Å². The van der Waals surface area contributed by atoms with Gasteiger partial charge in [0.05, 0.1) is 35.6 Å². The smallest absolute Gasteiger partial charge is 0.268 e. The quantitative estimate of drug-likeness (QED) is 0.829. The van der Waals surface area contributed by atoms with Crippen LogP contribution in [0, 0.1) is 5.92 Å². The Bertz CT molecular complexity index is 585. The fourth-order valence-corrected chi connectivity index (χ4v) is 2.39. The second-order valence-corrected chi connectivity index (χ2v) is 6.54. The molecule has 0 aliphatic carbocycles. The lowest BCUT2D eigenvalue weighted by atomic mass is 10.1. The molecule has 2 heterocycles. The van der Waals surface area contributed by atoms with Crippen molar-refractivity contribution in [2.45, 2.75) is 32.9 Å². The normalized spacial score (nSPS) is 19.3. The van der Waals surface area contributed by atoms with Crippen LogP contribution < -0.4 is 16.2 Å². The fraction of sp³-hybridized carbons (Fsp3) is 0.643. The summed E-state index contributed by atoms with van der Waals surface area (Å²) in [6.45, 7) is 8.52. The minimum absolute atomic E-state index is 0.0571. The van der Waals surface area contributed by atoms with Crippen LogP contribution in [0.25, 0.3) is 0 Å².